The lowest BCUT2D eigenvalue weighted by molar-refractivity contribution is -0.384. The van der Waals surface area contributed by atoms with E-state index in [1.54, 1.807) is 38.5 Å². The van der Waals surface area contributed by atoms with Crippen molar-refractivity contribution in [2.45, 2.75) is 26.3 Å². The molecule has 9 heteroatoms. The van der Waals surface area contributed by atoms with E-state index in [4.69, 9.17) is 9.47 Å². The molecule has 4 rings (SSSR count). The SMILES string of the molecule is COc1cc2c(cc1OC)C(c1cccs1)N(CC(=O)Nc1c([N+](=O)[O-])ccc(C)c1C)CC2. The Bertz CT molecular complexity index is 1230. The molecular weight excluding hydrogens is 454 g/mol. The molecular formula is C25H27N3O5S. The number of nitrogens with one attached hydrogen (secondary N) is 1. The molecule has 1 aliphatic rings. The standard InChI is InChI=1S/C25H27N3O5S/c1-15-7-8-19(28(30)31)24(16(15)2)26-23(29)14-27-10-9-17-12-20(32-3)21(33-4)13-18(17)25(27)22-6-5-11-34-22/h5-8,11-13,25H,9-10,14H2,1-4H3,(H,26,29). The summed E-state index contributed by atoms with van der Waals surface area (Å²) in [6, 6.07) is 11.0. The van der Waals surface area contributed by atoms with Gasteiger partial charge in [-0.2, -0.15) is 0 Å². The number of hydrogen-bond donors (Lipinski definition) is 1. The smallest absolute Gasteiger partial charge is 0.293 e. The Labute approximate surface area is 202 Å². The maximum atomic E-state index is 13.2. The summed E-state index contributed by atoms with van der Waals surface area (Å²) in [7, 11) is 3.22. The van der Waals surface area contributed by atoms with E-state index in [1.165, 1.54) is 6.07 Å². The Morgan fingerprint density at radius 2 is 1.94 bits per heavy atom. The molecule has 1 amide bonds. The molecule has 0 saturated carbocycles. The second kappa shape index (κ2) is 9.82. The van der Waals surface area contributed by atoms with Gasteiger partial charge in [-0.25, -0.2) is 0 Å². The van der Waals surface area contributed by atoms with Gasteiger partial charge in [0.2, 0.25) is 5.91 Å². The molecule has 2 aromatic carbocycles. The highest BCUT2D eigenvalue weighted by Crippen LogP contribution is 2.42. The molecule has 34 heavy (non-hydrogen) atoms. The molecule has 1 aliphatic heterocycles. The number of thiophene rings is 1. The Kier molecular flexibility index (Phi) is 6.85. The van der Waals surface area contributed by atoms with Crippen LogP contribution in [0.15, 0.2) is 41.8 Å². The number of amides is 1. The highest BCUT2D eigenvalue weighted by molar-refractivity contribution is 7.10. The van der Waals surface area contributed by atoms with Crippen molar-refractivity contribution in [1.29, 1.82) is 0 Å². The average Bonchev–Trinajstić information content (AvgIpc) is 3.35. The van der Waals surface area contributed by atoms with E-state index in [2.05, 4.69) is 16.3 Å². The van der Waals surface area contributed by atoms with Crippen LogP contribution in [0.1, 0.15) is 33.2 Å². The number of rotatable bonds is 7. The van der Waals surface area contributed by atoms with Gasteiger partial charge in [-0.1, -0.05) is 12.1 Å². The van der Waals surface area contributed by atoms with Gasteiger partial charge in [-0.05, 0) is 66.1 Å². The Balaban J connectivity index is 1.66. The summed E-state index contributed by atoms with van der Waals surface area (Å²) in [5, 5.41) is 16.4. The van der Waals surface area contributed by atoms with Gasteiger partial charge in [0.15, 0.2) is 11.5 Å². The molecule has 0 saturated heterocycles. The molecule has 0 aliphatic carbocycles. The number of benzene rings is 2. The fourth-order valence-electron chi connectivity index (χ4n) is 4.42. The third-order valence-electron chi connectivity index (χ3n) is 6.31. The van der Waals surface area contributed by atoms with Crippen LogP contribution in [0.3, 0.4) is 0 Å². The van der Waals surface area contributed by atoms with E-state index >= 15 is 0 Å². The van der Waals surface area contributed by atoms with Crippen molar-refractivity contribution >= 4 is 28.6 Å². The van der Waals surface area contributed by atoms with Crippen LogP contribution in [0.25, 0.3) is 0 Å². The number of carbonyl (C=O) groups is 1. The van der Waals surface area contributed by atoms with Crippen LogP contribution in [-0.2, 0) is 11.2 Å². The highest BCUT2D eigenvalue weighted by atomic mass is 32.1. The van der Waals surface area contributed by atoms with Gasteiger partial charge in [-0.3, -0.25) is 19.8 Å². The summed E-state index contributed by atoms with van der Waals surface area (Å²) in [5.74, 6) is 1.03. The molecule has 2 heterocycles. The van der Waals surface area contributed by atoms with Crippen LogP contribution in [0.4, 0.5) is 11.4 Å². The number of fused-ring (bicyclic) bond motifs is 1. The molecule has 178 valence electrons. The molecule has 8 nitrogen and oxygen atoms in total. The molecule has 0 spiro atoms. The Morgan fingerprint density at radius 1 is 1.21 bits per heavy atom. The first-order valence-electron chi connectivity index (χ1n) is 10.9. The number of methoxy groups -OCH3 is 2. The van der Waals surface area contributed by atoms with Crippen molar-refractivity contribution in [3.8, 4) is 11.5 Å². The molecule has 1 aromatic heterocycles. The zero-order chi connectivity index (χ0) is 24.4. The van der Waals surface area contributed by atoms with Gasteiger partial charge in [0.25, 0.3) is 5.69 Å². The van der Waals surface area contributed by atoms with Crippen molar-refractivity contribution in [2.75, 3.05) is 32.6 Å². The quantitative estimate of drug-likeness (QED) is 0.382. The first-order valence-corrected chi connectivity index (χ1v) is 11.8. The predicted octanol–water partition coefficient (Wildman–Crippen LogP) is 4.88. The number of carbonyl (C=O) groups excluding carboxylic acids is 1. The summed E-state index contributed by atoms with van der Waals surface area (Å²) < 4.78 is 11.0. The van der Waals surface area contributed by atoms with Crippen molar-refractivity contribution < 1.29 is 19.2 Å². The lowest BCUT2D eigenvalue weighted by Gasteiger charge is -2.37. The minimum absolute atomic E-state index is 0.0981. The van der Waals surface area contributed by atoms with Crippen LogP contribution in [0.2, 0.25) is 0 Å². The summed E-state index contributed by atoms with van der Waals surface area (Å²) in [6.45, 7) is 4.40. The Morgan fingerprint density at radius 3 is 2.59 bits per heavy atom. The molecule has 1 unspecified atom stereocenters. The van der Waals surface area contributed by atoms with Gasteiger partial charge in [-0.15, -0.1) is 11.3 Å². The summed E-state index contributed by atoms with van der Waals surface area (Å²) in [4.78, 5) is 27.4. The first-order chi connectivity index (χ1) is 16.3. The molecule has 1 atom stereocenters. The normalized spacial score (nSPS) is 15.5. The van der Waals surface area contributed by atoms with Gasteiger partial charge in [0.1, 0.15) is 5.69 Å². The Hall–Kier alpha value is -3.43. The van der Waals surface area contributed by atoms with E-state index in [1.807, 2.05) is 30.5 Å². The van der Waals surface area contributed by atoms with Crippen LogP contribution < -0.4 is 14.8 Å². The van der Waals surface area contributed by atoms with E-state index in [0.717, 1.165) is 28.0 Å². The lowest BCUT2D eigenvalue weighted by Crippen LogP contribution is -2.41. The number of anilines is 1. The minimum atomic E-state index is -0.465. The zero-order valence-corrected chi connectivity index (χ0v) is 20.4. The van der Waals surface area contributed by atoms with Crippen molar-refractivity contribution in [3.05, 3.63) is 79.0 Å². The fourth-order valence-corrected chi connectivity index (χ4v) is 5.30. The fraction of sp³-hybridized carbons (Fsp3) is 0.320. The summed E-state index contributed by atoms with van der Waals surface area (Å²) >= 11 is 1.63. The molecule has 3 aromatic rings. The average molecular weight is 482 g/mol. The number of ether oxygens (including phenoxy) is 2. The van der Waals surface area contributed by atoms with Crippen LogP contribution in [0, 0.1) is 24.0 Å². The third-order valence-corrected chi connectivity index (χ3v) is 7.23. The number of aryl methyl sites for hydroxylation is 1. The molecule has 0 bridgehead atoms. The lowest BCUT2D eigenvalue weighted by atomic mass is 9.91. The number of nitro benzene ring substituents is 1. The van der Waals surface area contributed by atoms with Gasteiger partial charge in [0, 0.05) is 17.5 Å². The third kappa shape index (κ3) is 4.49. The minimum Gasteiger partial charge on any atom is -0.493 e. The maximum Gasteiger partial charge on any atom is 0.293 e. The van der Waals surface area contributed by atoms with E-state index in [-0.39, 0.29) is 29.9 Å². The van der Waals surface area contributed by atoms with Gasteiger partial charge >= 0.3 is 0 Å². The van der Waals surface area contributed by atoms with Crippen molar-refractivity contribution in [1.82, 2.24) is 4.90 Å². The van der Waals surface area contributed by atoms with Crippen molar-refractivity contribution in [3.63, 3.8) is 0 Å². The van der Waals surface area contributed by atoms with Crippen LogP contribution >= 0.6 is 11.3 Å². The monoisotopic (exact) mass is 481 g/mol. The van der Waals surface area contributed by atoms with Crippen molar-refractivity contribution in [2.24, 2.45) is 0 Å². The van der Waals surface area contributed by atoms with Gasteiger partial charge in [0.05, 0.1) is 31.7 Å². The zero-order valence-electron chi connectivity index (χ0n) is 19.6. The maximum absolute atomic E-state index is 13.2. The second-order valence-electron chi connectivity index (χ2n) is 8.25. The topological polar surface area (TPSA) is 93.9 Å². The van der Waals surface area contributed by atoms with E-state index in [0.29, 0.717) is 23.6 Å². The number of nitro groups is 1. The summed E-state index contributed by atoms with van der Waals surface area (Å²) in [6.07, 6.45) is 0.745. The van der Waals surface area contributed by atoms with Crippen LogP contribution in [-0.4, -0.2) is 43.0 Å². The van der Waals surface area contributed by atoms with E-state index in [9.17, 15) is 14.9 Å². The number of hydrogen-bond acceptors (Lipinski definition) is 7. The highest BCUT2D eigenvalue weighted by Gasteiger charge is 2.32. The number of nitrogens with zero attached hydrogens (tertiary/aromatic N) is 2. The largest absolute Gasteiger partial charge is 0.493 e. The summed E-state index contributed by atoms with van der Waals surface area (Å²) in [5.41, 5.74) is 3.94. The van der Waals surface area contributed by atoms with Crippen LogP contribution in [0.5, 0.6) is 11.5 Å². The molecule has 0 radical (unpaired) electrons. The molecule has 1 N–H and O–H groups in total. The molecule has 0 fully saturated rings. The second-order valence-corrected chi connectivity index (χ2v) is 9.23. The van der Waals surface area contributed by atoms with Gasteiger partial charge < -0.3 is 14.8 Å². The first kappa shape index (κ1) is 23.7. The van der Waals surface area contributed by atoms with E-state index < -0.39 is 4.92 Å². The predicted molar refractivity (Wildman–Crippen MR) is 132 cm³/mol.